The minimum atomic E-state index is -0.395. The maximum absolute atomic E-state index is 9.44. The molecule has 4 nitrogen and oxygen atoms in total. The first kappa shape index (κ1) is 15.0. The lowest BCUT2D eigenvalue weighted by Crippen LogP contribution is -2.19. The fraction of sp³-hybridized carbons (Fsp3) is 0.571. The highest BCUT2D eigenvalue weighted by Gasteiger charge is 2.02. The molecule has 0 aliphatic rings. The Hall–Kier alpha value is -1.10. The van der Waals surface area contributed by atoms with Gasteiger partial charge in [0, 0.05) is 20.2 Å². The normalized spacial score (nSPS) is 12.4. The van der Waals surface area contributed by atoms with Crippen LogP contribution in [-0.2, 0) is 11.3 Å². The predicted octanol–water partition coefficient (Wildman–Crippen LogP) is 1.57. The fourth-order valence-electron chi connectivity index (χ4n) is 1.46. The van der Waals surface area contributed by atoms with Gasteiger partial charge in [-0.1, -0.05) is 19.1 Å². The van der Waals surface area contributed by atoms with Crippen molar-refractivity contribution in [2.24, 2.45) is 0 Å². The van der Waals surface area contributed by atoms with Crippen LogP contribution in [-0.4, -0.2) is 38.1 Å². The number of aliphatic hydroxyl groups excluding tert-OH is 1. The molecule has 2 N–H and O–H groups in total. The Morgan fingerprint density at radius 3 is 2.94 bits per heavy atom. The molecular formula is C14H23NO3. The molecule has 0 aromatic heterocycles. The van der Waals surface area contributed by atoms with Crippen molar-refractivity contribution < 1.29 is 14.6 Å². The first-order chi connectivity index (χ1) is 8.76. The molecule has 0 aliphatic heterocycles. The van der Waals surface area contributed by atoms with Crippen LogP contribution in [0.4, 0.5) is 0 Å². The van der Waals surface area contributed by atoms with Crippen molar-refractivity contribution in [3.05, 3.63) is 29.8 Å². The predicted molar refractivity (Wildman–Crippen MR) is 71.8 cm³/mol. The van der Waals surface area contributed by atoms with Gasteiger partial charge in [0.05, 0.1) is 12.7 Å². The lowest BCUT2D eigenvalue weighted by atomic mass is 10.2. The molecule has 0 heterocycles. The third kappa shape index (κ3) is 6.00. The van der Waals surface area contributed by atoms with Gasteiger partial charge in [-0.15, -0.1) is 0 Å². The molecule has 0 fully saturated rings. The quantitative estimate of drug-likeness (QED) is 0.656. The molecule has 4 heteroatoms. The maximum Gasteiger partial charge on any atom is 0.119 e. The summed E-state index contributed by atoms with van der Waals surface area (Å²) >= 11 is 0. The standard InChI is InChI=1S/C14H23NO3/c1-3-13(16)11-18-14-6-4-5-12(9-14)10-15-7-8-17-2/h4-6,9,13,15-16H,3,7-8,10-11H2,1-2H3. The second-order valence-corrected chi connectivity index (χ2v) is 4.19. The van der Waals surface area contributed by atoms with E-state index in [1.54, 1.807) is 7.11 Å². The van der Waals surface area contributed by atoms with Crippen molar-refractivity contribution in [2.75, 3.05) is 26.9 Å². The summed E-state index contributed by atoms with van der Waals surface area (Å²) < 4.78 is 10.5. The van der Waals surface area contributed by atoms with Crippen LogP contribution in [0.5, 0.6) is 5.75 Å². The van der Waals surface area contributed by atoms with E-state index in [4.69, 9.17) is 9.47 Å². The van der Waals surface area contributed by atoms with E-state index in [0.717, 1.165) is 24.4 Å². The minimum Gasteiger partial charge on any atom is -0.491 e. The lowest BCUT2D eigenvalue weighted by molar-refractivity contribution is 0.104. The zero-order chi connectivity index (χ0) is 13.2. The van der Waals surface area contributed by atoms with E-state index in [1.807, 2.05) is 31.2 Å². The van der Waals surface area contributed by atoms with Crippen LogP contribution in [0.1, 0.15) is 18.9 Å². The summed E-state index contributed by atoms with van der Waals surface area (Å²) in [5.74, 6) is 0.800. The monoisotopic (exact) mass is 253 g/mol. The van der Waals surface area contributed by atoms with Crippen LogP contribution in [0.2, 0.25) is 0 Å². The van der Waals surface area contributed by atoms with Gasteiger partial charge in [-0.2, -0.15) is 0 Å². The van der Waals surface area contributed by atoms with Crippen LogP contribution in [0.15, 0.2) is 24.3 Å². The van der Waals surface area contributed by atoms with Crippen LogP contribution >= 0.6 is 0 Å². The maximum atomic E-state index is 9.44. The minimum absolute atomic E-state index is 0.344. The molecule has 0 radical (unpaired) electrons. The van der Waals surface area contributed by atoms with Gasteiger partial charge >= 0.3 is 0 Å². The molecule has 1 atom stereocenters. The second kappa shape index (κ2) is 8.91. The number of hydrogen-bond donors (Lipinski definition) is 2. The van der Waals surface area contributed by atoms with Gasteiger partial charge in [0.2, 0.25) is 0 Å². The van der Waals surface area contributed by atoms with Gasteiger partial charge in [-0.05, 0) is 24.1 Å². The van der Waals surface area contributed by atoms with Crippen molar-refractivity contribution in [3.63, 3.8) is 0 Å². The van der Waals surface area contributed by atoms with Crippen molar-refractivity contribution >= 4 is 0 Å². The first-order valence-corrected chi connectivity index (χ1v) is 6.35. The van der Waals surface area contributed by atoms with E-state index in [-0.39, 0.29) is 0 Å². The number of methoxy groups -OCH3 is 1. The van der Waals surface area contributed by atoms with E-state index in [9.17, 15) is 5.11 Å². The average molecular weight is 253 g/mol. The summed E-state index contributed by atoms with van der Waals surface area (Å²) in [5.41, 5.74) is 1.16. The zero-order valence-corrected chi connectivity index (χ0v) is 11.2. The molecule has 1 aromatic carbocycles. The van der Waals surface area contributed by atoms with Gasteiger partial charge in [0.15, 0.2) is 0 Å². The Morgan fingerprint density at radius 1 is 1.39 bits per heavy atom. The highest BCUT2D eigenvalue weighted by molar-refractivity contribution is 5.28. The second-order valence-electron chi connectivity index (χ2n) is 4.19. The highest BCUT2D eigenvalue weighted by atomic mass is 16.5. The van der Waals surface area contributed by atoms with Gasteiger partial charge in [0.25, 0.3) is 0 Å². The smallest absolute Gasteiger partial charge is 0.119 e. The van der Waals surface area contributed by atoms with Crippen LogP contribution in [0.3, 0.4) is 0 Å². The summed E-state index contributed by atoms with van der Waals surface area (Å²) in [6.07, 6.45) is 0.312. The summed E-state index contributed by atoms with van der Waals surface area (Å²) in [5, 5.41) is 12.7. The Balaban J connectivity index is 2.36. The molecule has 0 bridgehead atoms. The van der Waals surface area contributed by atoms with E-state index >= 15 is 0 Å². The number of ether oxygens (including phenoxy) is 2. The Bertz CT molecular complexity index is 331. The van der Waals surface area contributed by atoms with Crippen molar-refractivity contribution in [2.45, 2.75) is 26.0 Å². The highest BCUT2D eigenvalue weighted by Crippen LogP contribution is 2.13. The van der Waals surface area contributed by atoms with Crippen LogP contribution < -0.4 is 10.1 Å². The fourth-order valence-corrected chi connectivity index (χ4v) is 1.46. The average Bonchev–Trinajstić information content (AvgIpc) is 2.41. The van der Waals surface area contributed by atoms with Gasteiger partial charge < -0.3 is 19.9 Å². The van der Waals surface area contributed by atoms with Gasteiger partial charge in [0.1, 0.15) is 12.4 Å². The molecule has 1 rings (SSSR count). The molecule has 0 spiro atoms. The first-order valence-electron chi connectivity index (χ1n) is 6.35. The molecule has 102 valence electrons. The van der Waals surface area contributed by atoms with Crippen molar-refractivity contribution in [1.29, 1.82) is 0 Å². The molecular weight excluding hydrogens is 230 g/mol. The number of hydrogen-bond acceptors (Lipinski definition) is 4. The largest absolute Gasteiger partial charge is 0.491 e. The number of rotatable bonds is 9. The molecule has 1 aromatic rings. The third-order valence-electron chi connectivity index (χ3n) is 2.62. The van der Waals surface area contributed by atoms with E-state index < -0.39 is 6.10 Å². The number of aliphatic hydroxyl groups is 1. The number of nitrogens with one attached hydrogen (secondary N) is 1. The molecule has 18 heavy (non-hydrogen) atoms. The van der Waals surface area contributed by atoms with E-state index in [1.165, 1.54) is 0 Å². The van der Waals surface area contributed by atoms with E-state index in [0.29, 0.717) is 19.6 Å². The molecule has 0 amide bonds. The SMILES string of the molecule is CCC(O)COc1cccc(CNCCOC)c1. The molecule has 0 saturated heterocycles. The Kier molecular flexibility index (Phi) is 7.41. The van der Waals surface area contributed by atoms with Crippen LogP contribution in [0.25, 0.3) is 0 Å². The summed E-state index contributed by atoms with van der Waals surface area (Å²) in [7, 11) is 1.69. The van der Waals surface area contributed by atoms with Crippen molar-refractivity contribution in [3.8, 4) is 5.75 Å². The summed E-state index contributed by atoms with van der Waals surface area (Å²) in [4.78, 5) is 0. The third-order valence-corrected chi connectivity index (χ3v) is 2.62. The zero-order valence-electron chi connectivity index (χ0n) is 11.2. The number of benzene rings is 1. The topological polar surface area (TPSA) is 50.7 Å². The lowest BCUT2D eigenvalue weighted by Gasteiger charge is -2.11. The van der Waals surface area contributed by atoms with Gasteiger partial charge in [-0.25, -0.2) is 0 Å². The molecule has 1 unspecified atom stereocenters. The summed E-state index contributed by atoms with van der Waals surface area (Å²) in [6, 6.07) is 7.90. The molecule has 0 saturated carbocycles. The Morgan fingerprint density at radius 2 is 2.22 bits per heavy atom. The Labute approximate surface area is 109 Å². The summed E-state index contributed by atoms with van der Waals surface area (Å²) in [6.45, 7) is 4.60. The van der Waals surface area contributed by atoms with Crippen molar-refractivity contribution in [1.82, 2.24) is 5.32 Å². The van der Waals surface area contributed by atoms with Gasteiger partial charge in [-0.3, -0.25) is 0 Å². The molecule has 0 aliphatic carbocycles. The van der Waals surface area contributed by atoms with E-state index in [2.05, 4.69) is 5.32 Å². The van der Waals surface area contributed by atoms with Crippen LogP contribution in [0, 0.1) is 0 Å².